The zero-order valence-electron chi connectivity index (χ0n) is 12.4. The Labute approximate surface area is 133 Å². The van der Waals surface area contributed by atoms with Crippen LogP contribution in [0.2, 0.25) is 0 Å². The Bertz CT molecular complexity index is 657. The number of benzene rings is 2. The predicted octanol–water partition coefficient (Wildman–Crippen LogP) is 4.58. The second-order valence-electron chi connectivity index (χ2n) is 6.02. The molecule has 0 bridgehead atoms. The molecule has 3 nitrogen and oxygen atoms in total. The summed E-state index contributed by atoms with van der Waals surface area (Å²) < 4.78 is 0.723. The Hall–Kier alpha value is -1.81. The number of hydrogen-bond donors (Lipinski definition) is 2. The number of halogens is 1. The minimum absolute atomic E-state index is 0.0967. The fraction of sp³-hybridized carbons (Fsp3) is 0.235. The summed E-state index contributed by atoms with van der Waals surface area (Å²) in [7, 11) is 0. The Morgan fingerprint density at radius 1 is 1.10 bits per heavy atom. The van der Waals surface area contributed by atoms with Gasteiger partial charge in [-0.15, -0.1) is 0 Å². The molecule has 3 N–H and O–H groups in total. The Kier molecular flexibility index (Phi) is 4.37. The lowest BCUT2D eigenvalue weighted by atomic mass is 9.87. The minimum atomic E-state index is -0.183. The first-order chi connectivity index (χ1) is 9.77. The molecule has 0 aromatic heterocycles. The molecule has 0 saturated heterocycles. The molecular formula is C17H19BrN2O. The smallest absolute Gasteiger partial charge is 0.256 e. The van der Waals surface area contributed by atoms with Gasteiger partial charge in [0.2, 0.25) is 0 Å². The van der Waals surface area contributed by atoms with Crippen LogP contribution in [-0.4, -0.2) is 5.91 Å². The van der Waals surface area contributed by atoms with Crippen LogP contribution in [0.15, 0.2) is 46.9 Å². The van der Waals surface area contributed by atoms with E-state index in [9.17, 15) is 4.79 Å². The second kappa shape index (κ2) is 5.90. The van der Waals surface area contributed by atoms with E-state index in [-0.39, 0.29) is 11.3 Å². The molecule has 1 amide bonds. The van der Waals surface area contributed by atoms with Crippen LogP contribution < -0.4 is 11.1 Å². The van der Waals surface area contributed by atoms with E-state index in [1.165, 1.54) is 5.56 Å². The lowest BCUT2D eigenvalue weighted by molar-refractivity contribution is 0.102. The monoisotopic (exact) mass is 346 g/mol. The van der Waals surface area contributed by atoms with Crippen molar-refractivity contribution in [2.24, 2.45) is 0 Å². The van der Waals surface area contributed by atoms with E-state index in [0.29, 0.717) is 11.3 Å². The van der Waals surface area contributed by atoms with Crippen molar-refractivity contribution < 1.29 is 4.79 Å². The summed E-state index contributed by atoms with van der Waals surface area (Å²) in [5.41, 5.74) is 8.90. The quantitative estimate of drug-likeness (QED) is 0.781. The molecule has 21 heavy (non-hydrogen) atoms. The van der Waals surface area contributed by atoms with Gasteiger partial charge in [-0.2, -0.15) is 0 Å². The van der Waals surface area contributed by atoms with Crippen LogP contribution in [0.4, 0.5) is 11.4 Å². The number of nitrogens with two attached hydrogens (primary N) is 1. The van der Waals surface area contributed by atoms with Gasteiger partial charge in [-0.3, -0.25) is 4.79 Å². The molecule has 0 aliphatic carbocycles. The maximum absolute atomic E-state index is 12.3. The van der Waals surface area contributed by atoms with Gasteiger partial charge < -0.3 is 11.1 Å². The molecule has 2 aromatic rings. The van der Waals surface area contributed by atoms with Gasteiger partial charge >= 0.3 is 0 Å². The van der Waals surface area contributed by atoms with Gasteiger partial charge in [-0.05, 0) is 57.2 Å². The van der Waals surface area contributed by atoms with Crippen LogP contribution in [0.25, 0.3) is 0 Å². The molecule has 4 heteroatoms. The van der Waals surface area contributed by atoms with Crippen molar-refractivity contribution in [3.05, 3.63) is 58.1 Å². The summed E-state index contributed by atoms with van der Waals surface area (Å²) in [5.74, 6) is -0.183. The lowest BCUT2D eigenvalue weighted by Crippen LogP contribution is -2.14. The fourth-order valence-corrected chi connectivity index (χ4v) is 2.40. The summed E-state index contributed by atoms with van der Waals surface area (Å²) in [6, 6.07) is 13.1. The molecule has 0 spiro atoms. The van der Waals surface area contributed by atoms with Crippen molar-refractivity contribution in [3.8, 4) is 0 Å². The third kappa shape index (κ3) is 3.85. The van der Waals surface area contributed by atoms with Crippen LogP contribution in [0.5, 0.6) is 0 Å². The van der Waals surface area contributed by atoms with E-state index in [2.05, 4.69) is 42.0 Å². The molecule has 0 radical (unpaired) electrons. The SMILES string of the molecule is CC(C)(C)c1ccc(NC(=O)c2cc(N)ccc2Br)cc1. The molecule has 110 valence electrons. The number of hydrogen-bond acceptors (Lipinski definition) is 2. The van der Waals surface area contributed by atoms with Gasteiger partial charge in [0.25, 0.3) is 5.91 Å². The highest BCUT2D eigenvalue weighted by Gasteiger charge is 2.14. The molecule has 0 aliphatic rings. The number of carbonyl (C=O) groups excluding carboxylic acids is 1. The maximum Gasteiger partial charge on any atom is 0.256 e. The summed E-state index contributed by atoms with van der Waals surface area (Å²) in [6.45, 7) is 6.47. The molecule has 0 unspecified atom stereocenters. The van der Waals surface area contributed by atoms with Gasteiger partial charge in [-0.1, -0.05) is 32.9 Å². The molecule has 0 atom stereocenters. The number of anilines is 2. The van der Waals surface area contributed by atoms with E-state index in [1.807, 2.05) is 24.3 Å². The van der Waals surface area contributed by atoms with E-state index < -0.39 is 0 Å². The van der Waals surface area contributed by atoms with Crippen molar-refractivity contribution in [3.63, 3.8) is 0 Å². The molecular weight excluding hydrogens is 328 g/mol. The van der Waals surface area contributed by atoms with E-state index in [0.717, 1.165) is 10.2 Å². The van der Waals surface area contributed by atoms with Gasteiger partial charge in [0, 0.05) is 15.8 Å². The second-order valence-corrected chi connectivity index (χ2v) is 6.88. The highest BCUT2D eigenvalue weighted by Crippen LogP contribution is 2.24. The van der Waals surface area contributed by atoms with Gasteiger partial charge in [0.1, 0.15) is 0 Å². The van der Waals surface area contributed by atoms with E-state index >= 15 is 0 Å². The maximum atomic E-state index is 12.3. The fourth-order valence-electron chi connectivity index (χ4n) is 1.97. The van der Waals surface area contributed by atoms with Crippen LogP contribution >= 0.6 is 15.9 Å². The third-order valence-electron chi connectivity index (χ3n) is 3.24. The number of amides is 1. The van der Waals surface area contributed by atoms with Crippen molar-refractivity contribution in [1.29, 1.82) is 0 Å². The summed E-state index contributed by atoms with van der Waals surface area (Å²) in [5, 5.41) is 2.88. The number of nitrogen functional groups attached to an aromatic ring is 1. The average Bonchev–Trinajstić information content (AvgIpc) is 2.41. The number of carbonyl (C=O) groups is 1. The van der Waals surface area contributed by atoms with Crippen LogP contribution in [-0.2, 0) is 5.41 Å². The van der Waals surface area contributed by atoms with Crippen molar-refractivity contribution in [1.82, 2.24) is 0 Å². The minimum Gasteiger partial charge on any atom is -0.399 e. The highest BCUT2D eigenvalue weighted by molar-refractivity contribution is 9.10. The Balaban J connectivity index is 2.18. The van der Waals surface area contributed by atoms with E-state index in [1.54, 1.807) is 18.2 Å². The van der Waals surface area contributed by atoms with Crippen LogP contribution in [0.3, 0.4) is 0 Å². The Morgan fingerprint density at radius 3 is 2.29 bits per heavy atom. The molecule has 0 heterocycles. The predicted molar refractivity (Wildman–Crippen MR) is 91.6 cm³/mol. The van der Waals surface area contributed by atoms with Crippen molar-refractivity contribution >= 4 is 33.2 Å². The van der Waals surface area contributed by atoms with E-state index in [4.69, 9.17) is 5.73 Å². The van der Waals surface area contributed by atoms with Gasteiger partial charge in [0.15, 0.2) is 0 Å². The normalized spacial score (nSPS) is 11.2. The first kappa shape index (κ1) is 15.6. The first-order valence-electron chi connectivity index (χ1n) is 6.74. The lowest BCUT2D eigenvalue weighted by Gasteiger charge is -2.19. The van der Waals surface area contributed by atoms with Crippen molar-refractivity contribution in [2.75, 3.05) is 11.1 Å². The topological polar surface area (TPSA) is 55.1 Å². The van der Waals surface area contributed by atoms with Crippen LogP contribution in [0.1, 0.15) is 36.7 Å². The first-order valence-corrected chi connectivity index (χ1v) is 7.53. The third-order valence-corrected chi connectivity index (χ3v) is 3.94. The average molecular weight is 347 g/mol. The number of nitrogens with one attached hydrogen (secondary N) is 1. The van der Waals surface area contributed by atoms with Crippen LogP contribution in [0, 0.1) is 0 Å². The van der Waals surface area contributed by atoms with Gasteiger partial charge in [0.05, 0.1) is 5.56 Å². The molecule has 2 aromatic carbocycles. The largest absolute Gasteiger partial charge is 0.399 e. The zero-order chi connectivity index (χ0) is 15.6. The zero-order valence-corrected chi connectivity index (χ0v) is 14.0. The molecule has 0 aliphatic heterocycles. The van der Waals surface area contributed by atoms with Crippen molar-refractivity contribution in [2.45, 2.75) is 26.2 Å². The summed E-state index contributed by atoms with van der Waals surface area (Å²) in [4.78, 5) is 12.3. The number of rotatable bonds is 2. The Morgan fingerprint density at radius 2 is 1.71 bits per heavy atom. The summed E-state index contributed by atoms with van der Waals surface area (Å²) >= 11 is 3.37. The highest BCUT2D eigenvalue weighted by atomic mass is 79.9. The standard InChI is InChI=1S/C17H19BrN2O/c1-17(2,3)11-4-7-13(8-5-11)20-16(21)14-10-12(19)6-9-15(14)18/h4-10H,19H2,1-3H3,(H,20,21). The summed E-state index contributed by atoms with van der Waals surface area (Å²) in [6.07, 6.45) is 0. The molecule has 2 rings (SSSR count). The van der Waals surface area contributed by atoms with Gasteiger partial charge in [-0.25, -0.2) is 0 Å². The molecule has 0 fully saturated rings. The molecule has 0 saturated carbocycles.